The first-order valence-electron chi connectivity index (χ1n) is 7.34. The molecule has 0 amide bonds. The van der Waals surface area contributed by atoms with Crippen molar-refractivity contribution in [3.8, 4) is 16.5 Å². The van der Waals surface area contributed by atoms with Gasteiger partial charge in [-0.2, -0.15) is 0 Å². The molecule has 1 fully saturated rings. The second-order valence-electron chi connectivity index (χ2n) is 5.71. The van der Waals surface area contributed by atoms with E-state index in [0.717, 1.165) is 33.2 Å². The van der Waals surface area contributed by atoms with Crippen LogP contribution in [0.4, 0.5) is 0 Å². The number of aromatic amines is 1. The Labute approximate surface area is 131 Å². The van der Waals surface area contributed by atoms with Crippen molar-refractivity contribution in [2.45, 2.75) is 25.7 Å². The highest BCUT2D eigenvalue weighted by atomic mass is 32.1. The van der Waals surface area contributed by atoms with Gasteiger partial charge in [-0.1, -0.05) is 0 Å². The summed E-state index contributed by atoms with van der Waals surface area (Å²) < 4.78 is 5.35. The van der Waals surface area contributed by atoms with E-state index < -0.39 is 0 Å². The molecule has 1 N–H and O–H groups in total. The topological polar surface area (TPSA) is 55.0 Å². The number of rotatable bonds is 3. The zero-order chi connectivity index (χ0) is 15.3. The number of nitrogens with zero attached hydrogens (tertiary/aromatic N) is 1. The molecule has 112 valence electrons. The van der Waals surface area contributed by atoms with Crippen molar-refractivity contribution >= 4 is 22.2 Å². The quantitative estimate of drug-likeness (QED) is 0.799. The number of nitrogens with one attached hydrogen (secondary N) is 1. The number of ether oxygens (including phenoxy) is 1. The molecule has 22 heavy (non-hydrogen) atoms. The summed E-state index contributed by atoms with van der Waals surface area (Å²) in [5.41, 5.74) is 3.72. The fourth-order valence-corrected chi connectivity index (χ4v) is 3.62. The Morgan fingerprint density at radius 2 is 2.18 bits per heavy atom. The third-order valence-electron chi connectivity index (χ3n) is 4.18. The minimum absolute atomic E-state index is 0.0117. The second-order valence-corrected chi connectivity index (χ2v) is 6.57. The molecule has 2 aromatic heterocycles. The minimum atomic E-state index is 0.0117. The van der Waals surface area contributed by atoms with E-state index in [1.807, 2.05) is 13.0 Å². The van der Waals surface area contributed by atoms with Gasteiger partial charge in [0.1, 0.15) is 10.8 Å². The lowest BCUT2D eigenvalue weighted by Gasteiger charge is -2.09. The predicted octanol–water partition coefficient (Wildman–Crippen LogP) is 3.85. The van der Waals surface area contributed by atoms with Crippen LogP contribution in [0.1, 0.15) is 30.0 Å². The average molecular weight is 312 g/mol. The Balaban J connectivity index is 1.90. The first-order chi connectivity index (χ1) is 10.7. The van der Waals surface area contributed by atoms with E-state index in [-0.39, 0.29) is 5.43 Å². The number of hydrogen-bond acceptors (Lipinski definition) is 4. The molecule has 0 saturated heterocycles. The van der Waals surface area contributed by atoms with Crippen LogP contribution >= 0.6 is 11.3 Å². The lowest BCUT2D eigenvalue weighted by Crippen LogP contribution is -2.04. The fraction of sp³-hybridized carbons (Fsp3) is 0.294. The van der Waals surface area contributed by atoms with Gasteiger partial charge in [-0.3, -0.25) is 4.79 Å². The summed E-state index contributed by atoms with van der Waals surface area (Å²) in [6.45, 7) is 1.96. The number of fused-ring (bicyclic) bond motifs is 1. The predicted molar refractivity (Wildman–Crippen MR) is 88.9 cm³/mol. The third kappa shape index (κ3) is 2.13. The molecule has 0 atom stereocenters. The van der Waals surface area contributed by atoms with E-state index in [4.69, 9.17) is 4.74 Å². The Kier molecular flexibility index (Phi) is 3.04. The third-order valence-corrected chi connectivity index (χ3v) is 5.08. The maximum Gasteiger partial charge on any atom is 0.190 e. The van der Waals surface area contributed by atoms with Crippen LogP contribution in [0, 0.1) is 6.92 Å². The SMILES string of the molecule is COc1ccc2c(=O)cc(-c3nc(C4CC4)cs3)[nH]c2c1C. The summed E-state index contributed by atoms with van der Waals surface area (Å²) in [6.07, 6.45) is 2.46. The highest BCUT2D eigenvalue weighted by Gasteiger charge is 2.26. The van der Waals surface area contributed by atoms with Gasteiger partial charge in [0.15, 0.2) is 5.43 Å². The summed E-state index contributed by atoms with van der Waals surface area (Å²) in [5.74, 6) is 1.40. The van der Waals surface area contributed by atoms with E-state index in [2.05, 4.69) is 15.3 Å². The largest absolute Gasteiger partial charge is 0.496 e. The zero-order valence-electron chi connectivity index (χ0n) is 12.5. The first kappa shape index (κ1) is 13.5. The molecule has 0 aliphatic heterocycles. The molecular weight excluding hydrogens is 296 g/mol. The fourth-order valence-electron chi connectivity index (χ4n) is 2.75. The highest BCUT2D eigenvalue weighted by Crippen LogP contribution is 2.41. The zero-order valence-corrected chi connectivity index (χ0v) is 13.3. The van der Waals surface area contributed by atoms with Gasteiger partial charge < -0.3 is 9.72 Å². The van der Waals surface area contributed by atoms with Crippen molar-refractivity contribution in [2.24, 2.45) is 0 Å². The Bertz CT molecular complexity index is 922. The molecule has 1 aromatic carbocycles. The van der Waals surface area contributed by atoms with E-state index in [1.165, 1.54) is 12.8 Å². The van der Waals surface area contributed by atoms with Crippen LogP contribution < -0.4 is 10.2 Å². The smallest absolute Gasteiger partial charge is 0.190 e. The molecule has 5 heteroatoms. The van der Waals surface area contributed by atoms with E-state index in [0.29, 0.717) is 11.3 Å². The maximum atomic E-state index is 12.4. The number of aryl methyl sites for hydroxylation is 1. The Morgan fingerprint density at radius 3 is 2.91 bits per heavy atom. The molecule has 3 aromatic rings. The summed E-state index contributed by atoms with van der Waals surface area (Å²) >= 11 is 1.59. The molecule has 1 aliphatic carbocycles. The van der Waals surface area contributed by atoms with Crippen LogP contribution in [0.25, 0.3) is 21.6 Å². The summed E-state index contributed by atoms with van der Waals surface area (Å²) in [6, 6.07) is 5.28. The number of benzene rings is 1. The Hall–Kier alpha value is -2.14. The van der Waals surface area contributed by atoms with Crippen LogP contribution in [0.2, 0.25) is 0 Å². The Morgan fingerprint density at radius 1 is 1.36 bits per heavy atom. The van der Waals surface area contributed by atoms with Gasteiger partial charge in [0.05, 0.1) is 24.0 Å². The molecular formula is C17H16N2O2S. The van der Waals surface area contributed by atoms with Crippen molar-refractivity contribution in [2.75, 3.05) is 7.11 Å². The van der Waals surface area contributed by atoms with Gasteiger partial charge in [0.2, 0.25) is 0 Å². The molecule has 1 aliphatic rings. The molecule has 0 unspecified atom stereocenters. The minimum Gasteiger partial charge on any atom is -0.496 e. The normalized spacial score (nSPS) is 14.5. The lowest BCUT2D eigenvalue weighted by molar-refractivity contribution is 0.412. The van der Waals surface area contributed by atoms with Gasteiger partial charge in [0.25, 0.3) is 0 Å². The van der Waals surface area contributed by atoms with Crippen LogP contribution in [-0.2, 0) is 0 Å². The molecule has 0 spiro atoms. The highest BCUT2D eigenvalue weighted by molar-refractivity contribution is 7.13. The van der Waals surface area contributed by atoms with Crippen LogP contribution in [0.3, 0.4) is 0 Å². The number of pyridine rings is 1. The van der Waals surface area contributed by atoms with Gasteiger partial charge in [-0.15, -0.1) is 11.3 Å². The standard InChI is InChI=1S/C17H16N2O2S/c1-9-15(21-2)6-5-11-14(20)7-12(18-16(9)11)17-19-13(8-22-17)10-3-4-10/h5-8,10H,3-4H2,1-2H3,(H,18,20). The monoisotopic (exact) mass is 312 g/mol. The number of thiazole rings is 1. The van der Waals surface area contributed by atoms with Gasteiger partial charge in [0, 0.05) is 28.3 Å². The molecule has 0 radical (unpaired) electrons. The lowest BCUT2D eigenvalue weighted by atomic mass is 10.1. The van der Waals surface area contributed by atoms with Crippen molar-refractivity contribution in [3.63, 3.8) is 0 Å². The number of H-pyrrole nitrogens is 1. The van der Waals surface area contributed by atoms with Crippen molar-refractivity contribution in [1.29, 1.82) is 0 Å². The van der Waals surface area contributed by atoms with Crippen molar-refractivity contribution in [3.05, 3.63) is 45.1 Å². The first-order valence-corrected chi connectivity index (χ1v) is 8.22. The average Bonchev–Trinajstić information content (AvgIpc) is 3.25. The van der Waals surface area contributed by atoms with Crippen molar-refractivity contribution in [1.82, 2.24) is 9.97 Å². The molecule has 0 bridgehead atoms. The van der Waals surface area contributed by atoms with E-state index in [1.54, 1.807) is 30.6 Å². The number of methoxy groups -OCH3 is 1. The summed E-state index contributed by atoms with van der Waals surface area (Å²) in [4.78, 5) is 20.4. The van der Waals surface area contributed by atoms with Gasteiger partial charge >= 0.3 is 0 Å². The number of hydrogen-bond donors (Lipinski definition) is 1. The van der Waals surface area contributed by atoms with Crippen molar-refractivity contribution < 1.29 is 4.74 Å². The van der Waals surface area contributed by atoms with Crippen LogP contribution in [0.5, 0.6) is 5.75 Å². The van der Waals surface area contributed by atoms with E-state index >= 15 is 0 Å². The molecule has 4 rings (SSSR count). The van der Waals surface area contributed by atoms with Gasteiger partial charge in [-0.05, 0) is 31.9 Å². The van der Waals surface area contributed by atoms with Crippen LogP contribution in [-0.4, -0.2) is 17.1 Å². The molecule has 4 nitrogen and oxygen atoms in total. The second kappa shape index (κ2) is 4.95. The summed E-state index contributed by atoms with van der Waals surface area (Å²) in [7, 11) is 1.64. The molecule has 2 heterocycles. The van der Waals surface area contributed by atoms with E-state index in [9.17, 15) is 4.79 Å². The van der Waals surface area contributed by atoms with Crippen LogP contribution in [0.15, 0.2) is 28.4 Å². The van der Waals surface area contributed by atoms with Gasteiger partial charge in [-0.25, -0.2) is 4.98 Å². The number of aromatic nitrogens is 2. The summed E-state index contributed by atoms with van der Waals surface area (Å²) in [5, 5.41) is 3.66. The molecule has 1 saturated carbocycles. The maximum absolute atomic E-state index is 12.4.